The summed E-state index contributed by atoms with van der Waals surface area (Å²) < 4.78 is 0. The van der Waals surface area contributed by atoms with Crippen molar-refractivity contribution in [3.8, 4) is 0 Å². The maximum absolute atomic E-state index is 6.10. The Balaban J connectivity index is 2.53. The van der Waals surface area contributed by atoms with Crippen molar-refractivity contribution < 1.29 is 0 Å². The number of aromatic nitrogens is 1. The Bertz CT molecular complexity index is 296. The Kier molecular flexibility index (Phi) is 2.05. The third-order valence-electron chi connectivity index (χ3n) is 2.56. The first-order valence-electron chi connectivity index (χ1n) is 4.42. The van der Waals surface area contributed by atoms with Gasteiger partial charge in [0, 0.05) is 16.9 Å². The van der Waals surface area contributed by atoms with Crippen LogP contribution < -0.4 is 0 Å². The van der Waals surface area contributed by atoms with Crippen molar-refractivity contribution in [2.75, 3.05) is 0 Å². The average molecular weight is 182 g/mol. The van der Waals surface area contributed by atoms with Crippen molar-refractivity contribution in [1.82, 2.24) is 4.98 Å². The highest BCUT2D eigenvalue weighted by Crippen LogP contribution is 2.34. The van der Waals surface area contributed by atoms with Crippen LogP contribution >= 0.6 is 11.6 Å². The van der Waals surface area contributed by atoms with Crippen molar-refractivity contribution in [1.29, 1.82) is 0 Å². The molecule has 1 aliphatic carbocycles. The minimum atomic E-state index is 0.593. The number of hydrogen-bond donors (Lipinski definition) is 0. The van der Waals surface area contributed by atoms with Crippen LogP contribution in [0.4, 0.5) is 0 Å². The number of pyridine rings is 1. The van der Waals surface area contributed by atoms with Crippen molar-refractivity contribution in [3.05, 3.63) is 28.5 Å². The molecule has 1 atom stereocenters. The fourth-order valence-corrected chi connectivity index (χ4v) is 2.28. The zero-order valence-electron chi connectivity index (χ0n) is 7.18. The third kappa shape index (κ3) is 1.22. The number of hydrogen-bond acceptors (Lipinski definition) is 1. The van der Waals surface area contributed by atoms with E-state index < -0.39 is 0 Å². The predicted molar refractivity (Wildman–Crippen MR) is 50.6 cm³/mol. The van der Waals surface area contributed by atoms with Crippen LogP contribution in [-0.4, -0.2) is 4.98 Å². The molecule has 0 aromatic carbocycles. The smallest absolute Gasteiger partial charge is 0.0474 e. The average Bonchev–Trinajstić information content (AvgIpc) is 2.04. The second-order valence-electron chi connectivity index (χ2n) is 3.45. The fraction of sp³-hybridized carbons (Fsp3) is 0.500. The van der Waals surface area contributed by atoms with Gasteiger partial charge in [-0.2, -0.15) is 0 Å². The highest BCUT2D eigenvalue weighted by molar-refractivity contribution is 6.31. The zero-order valence-corrected chi connectivity index (χ0v) is 7.93. The second kappa shape index (κ2) is 3.06. The summed E-state index contributed by atoms with van der Waals surface area (Å²) in [6.07, 6.45) is 5.40. The lowest BCUT2D eigenvalue weighted by molar-refractivity contribution is 0.579. The molecular formula is C10H12ClN. The highest BCUT2D eigenvalue weighted by atomic mass is 35.5. The molecule has 64 valence electrons. The van der Waals surface area contributed by atoms with E-state index in [1.54, 1.807) is 6.20 Å². The fourth-order valence-electron chi connectivity index (χ4n) is 1.93. The summed E-state index contributed by atoms with van der Waals surface area (Å²) in [6, 6.07) is 1.89. The van der Waals surface area contributed by atoms with E-state index in [0.717, 1.165) is 11.4 Å². The van der Waals surface area contributed by atoms with Gasteiger partial charge in [0.2, 0.25) is 0 Å². The number of halogens is 1. The van der Waals surface area contributed by atoms with Crippen molar-refractivity contribution in [2.45, 2.75) is 32.1 Å². The van der Waals surface area contributed by atoms with Gasteiger partial charge < -0.3 is 0 Å². The monoisotopic (exact) mass is 181 g/mol. The number of rotatable bonds is 0. The zero-order chi connectivity index (χ0) is 8.55. The number of aryl methyl sites for hydroxylation is 1. The molecule has 1 unspecified atom stereocenters. The lowest BCUT2D eigenvalue weighted by Crippen LogP contribution is -2.09. The molecule has 1 aliphatic rings. The van der Waals surface area contributed by atoms with Crippen LogP contribution in [0.25, 0.3) is 0 Å². The van der Waals surface area contributed by atoms with E-state index in [-0.39, 0.29) is 0 Å². The number of nitrogens with zero attached hydrogens (tertiary/aromatic N) is 1. The van der Waals surface area contributed by atoms with Crippen LogP contribution in [0, 0.1) is 0 Å². The van der Waals surface area contributed by atoms with Crippen molar-refractivity contribution in [3.63, 3.8) is 0 Å². The molecule has 2 heteroatoms. The largest absolute Gasteiger partial charge is 0.261 e. The van der Waals surface area contributed by atoms with Gasteiger partial charge in [0.05, 0.1) is 0 Å². The lowest BCUT2D eigenvalue weighted by atomic mass is 9.87. The molecule has 0 spiro atoms. The van der Waals surface area contributed by atoms with Gasteiger partial charge in [-0.25, -0.2) is 0 Å². The van der Waals surface area contributed by atoms with Gasteiger partial charge in [0.1, 0.15) is 0 Å². The van der Waals surface area contributed by atoms with E-state index >= 15 is 0 Å². The molecule has 0 aliphatic heterocycles. The summed E-state index contributed by atoms with van der Waals surface area (Å²) in [5, 5.41) is 0.896. The van der Waals surface area contributed by atoms with Crippen molar-refractivity contribution in [2.24, 2.45) is 0 Å². The van der Waals surface area contributed by atoms with Crippen LogP contribution in [0.1, 0.15) is 36.9 Å². The van der Waals surface area contributed by atoms with Crippen LogP contribution in [0.2, 0.25) is 5.02 Å². The minimum absolute atomic E-state index is 0.593. The standard InChI is InChI=1S/C10H12ClN/c1-7-3-2-4-9-10(7)8(11)5-6-12-9/h5-7H,2-4H2,1H3. The van der Waals surface area contributed by atoms with Gasteiger partial charge in [-0.15, -0.1) is 0 Å². The Morgan fingerprint density at radius 2 is 2.42 bits per heavy atom. The van der Waals surface area contributed by atoms with Gasteiger partial charge in [0.15, 0.2) is 0 Å². The SMILES string of the molecule is CC1CCCc2nccc(Cl)c21. The van der Waals surface area contributed by atoms with E-state index in [4.69, 9.17) is 11.6 Å². The molecule has 1 aromatic heterocycles. The topological polar surface area (TPSA) is 12.9 Å². The Hall–Kier alpha value is -0.560. The molecular weight excluding hydrogens is 170 g/mol. The first kappa shape index (κ1) is 8.06. The van der Waals surface area contributed by atoms with E-state index in [9.17, 15) is 0 Å². The summed E-state index contributed by atoms with van der Waals surface area (Å²) in [5.41, 5.74) is 2.49. The normalized spacial score (nSPS) is 22.0. The minimum Gasteiger partial charge on any atom is -0.261 e. The summed E-state index contributed by atoms with van der Waals surface area (Å²) in [5.74, 6) is 0.593. The lowest BCUT2D eigenvalue weighted by Gasteiger charge is -2.21. The van der Waals surface area contributed by atoms with Crippen LogP contribution in [0.15, 0.2) is 12.3 Å². The van der Waals surface area contributed by atoms with Gasteiger partial charge >= 0.3 is 0 Å². The molecule has 1 aromatic rings. The third-order valence-corrected chi connectivity index (χ3v) is 2.89. The quantitative estimate of drug-likeness (QED) is 0.599. The summed E-state index contributed by atoms with van der Waals surface area (Å²) in [4.78, 5) is 4.35. The molecule has 0 saturated carbocycles. The molecule has 1 heterocycles. The molecule has 1 nitrogen and oxygen atoms in total. The van der Waals surface area contributed by atoms with Gasteiger partial charge in [0.25, 0.3) is 0 Å². The molecule has 0 bridgehead atoms. The van der Waals surface area contributed by atoms with E-state index in [1.807, 2.05) is 6.07 Å². The summed E-state index contributed by atoms with van der Waals surface area (Å²) in [7, 11) is 0. The summed E-state index contributed by atoms with van der Waals surface area (Å²) in [6.45, 7) is 2.23. The maximum atomic E-state index is 6.10. The number of fused-ring (bicyclic) bond motifs is 1. The first-order chi connectivity index (χ1) is 5.79. The van der Waals surface area contributed by atoms with Crippen LogP contribution in [0.3, 0.4) is 0 Å². The van der Waals surface area contributed by atoms with Gasteiger partial charge in [-0.3, -0.25) is 4.98 Å². The van der Waals surface area contributed by atoms with Crippen molar-refractivity contribution >= 4 is 11.6 Å². The first-order valence-corrected chi connectivity index (χ1v) is 4.80. The van der Waals surface area contributed by atoms with Crippen LogP contribution in [-0.2, 0) is 6.42 Å². The van der Waals surface area contributed by atoms with E-state index in [1.165, 1.54) is 24.1 Å². The van der Waals surface area contributed by atoms with Crippen LogP contribution in [0.5, 0.6) is 0 Å². The molecule has 12 heavy (non-hydrogen) atoms. The molecule has 0 N–H and O–H groups in total. The molecule has 0 amide bonds. The summed E-state index contributed by atoms with van der Waals surface area (Å²) >= 11 is 6.10. The predicted octanol–water partition coefficient (Wildman–Crippen LogP) is 3.17. The second-order valence-corrected chi connectivity index (χ2v) is 3.85. The Morgan fingerprint density at radius 1 is 1.58 bits per heavy atom. The van der Waals surface area contributed by atoms with Gasteiger partial charge in [-0.05, 0) is 36.8 Å². The van der Waals surface area contributed by atoms with Gasteiger partial charge in [-0.1, -0.05) is 18.5 Å². The van der Waals surface area contributed by atoms with E-state index in [0.29, 0.717) is 5.92 Å². The van der Waals surface area contributed by atoms with E-state index in [2.05, 4.69) is 11.9 Å². The maximum Gasteiger partial charge on any atom is 0.0474 e. The Morgan fingerprint density at radius 3 is 3.17 bits per heavy atom. The molecule has 0 fully saturated rings. The molecule has 0 saturated heterocycles. The highest BCUT2D eigenvalue weighted by Gasteiger charge is 2.19. The molecule has 2 rings (SSSR count). The Labute approximate surface area is 77.8 Å². The molecule has 0 radical (unpaired) electrons.